The molecule has 3 nitrogen and oxygen atoms in total. The first-order valence-corrected chi connectivity index (χ1v) is 7.18. The van der Waals surface area contributed by atoms with Crippen molar-refractivity contribution in [1.29, 1.82) is 0 Å². The van der Waals surface area contributed by atoms with Crippen molar-refractivity contribution in [2.75, 3.05) is 6.54 Å². The van der Waals surface area contributed by atoms with E-state index in [2.05, 4.69) is 0 Å². The third kappa shape index (κ3) is 3.34. The highest BCUT2D eigenvalue weighted by molar-refractivity contribution is 5.72. The zero-order valence-corrected chi connectivity index (χ0v) is 12.0. The number of amides is 1. The van der Waals surface area contributed by atoms with Gasteiger partial charge in [-0.25, -0.2) is 9.18 Å². The summed E-state index contributed by atoms with van der Waals surface area (Å²) in [5.41, 5.74) is 1.02. The van der Waals surface area contributed by atoms with Gasteiger partial charge in [-0.1, -0.05) is 36.4 Å². The molecule has 1 atom stereocenters. The summed E-state index contributed by atoms with van der Waals surface area (Å²) in [4.78, 5) is 13.7. The number of carbonyl (C=O) groups excluding carboxylic acids is 1. The van der Waals surface area contributed by atoms with Crippen molar-refractivity contribution in [3.05, 3.63) is 78.3 Å². The fraction of sp³-hybridized carbons (Fsp3) is 0.167. The Bertz CT molecular complexity index is 667. The number of nitrogens with zero attached hydrogens (tertiary/aromatic N) is 1. The Kier molecular flexibility index (Phi) is 4.19. The van der Waals surface area contributed by atoms with Gasteiger partial charge in [-0.05, 0) is 36.2 Å². The summed E-state index contributed by atoms with van der Waals surface area (Å²) in [5.74, 6) is 0.411. The number of hydrogen-bond donors (Lipinski definition) is 0. The smallest absolute Gasteiger partial charge is 0.410 e. The van der Waals surface area contributed by atoms with Crippen LogP contribution in [0.2, 0.25) is 0 Å². The Hall–Kier alpha value is -2.62. The minimum absolute atomic E-state index is 0.147. The lowest BCUT2D eigenvalue weighted by Gasteiger charge is -2.27. The number of rotatable bonds is 2. The molecule has 0 bridgehead atoms. The summed E-state index contributed by atoms with van der Waals surface area (Å²) in [6.07, 6.45) is 4.09. The van der Waals surface area contributed by atoms with Crippen molar-refractivity contribution in [3.8, 4) is 5.75 Å². The van der Waals surface area contributed by atoms with Crippen molar-refractivity contribution in [2.45, 2.75) is 12.3 Å². The lowest BCUT2D eigenvalue weighted by atomic mass is 9.93. The van der Waals surface area contributed by atoms with E-state index in [0.29, 0.717) is 12.3 Å². The van der Waals surface area contributed by atoms with Crippen molar-refractivity contribution in [1.82, 2.24) is 4.90 Å². The van der Waals surface area contributed by atoms with Crippen molar-refractivity contribution < 1.29 is 13.9 Å². The van der Waals surface area contributed by atoms with Gasteiger partial charge in [0.15, 0.2) is 0 Å². The minimum Gasteiger partial charge on any atom is -0.410 e. The molecule has 0 saturated heterocycles. The molecule has 4 heteroatoms. The first-order chi connectivity index (χ1) is 10.7. The zero-order chi connectivity index (χ0) is 15.4. The summed E-state index contributed by atoms with van der Waals surface area (Å²) in [7, 11) is 0. The van der Waals surface area contributed by atoms with Crippen molar-refractivity contribution in [2.24, 2.45) is 0 Å². The van der Waals surface area contributed by atoms with Gasteiger partial charge in [-0.2, -0.15) is 0 Å². The second-order valence-electron chi connectivity index (χ2n) is 5.20. The molecule has 1 aliphatic rings. The first kappa shape index (κ1) is 14.3. The van der Waals surface area contributed by atoms with Gasteiger partial charge in [0.2, 0.25) is 0 Å². The van der Waals surface area contributed by atoms with Crippen molar-refractivity contribution >= 4 is 6.09 Å². The minimum atomic E-state index is -0.408. The normalized spacial score (nSPS) is 17.3. The van der Waals surface area contributed by atoms with Crippen LogP contribution < -0.4 is 4.74 Å². The number of benzene rings is 2. The molecule has 0 fully saturated rings. The lowest BCUT2D eigenvalue weighted by Crippen LogP contribution is -2.34. The summed E-state index contributed by atoms with van der Waals surface area (Å²) in [6.45, 7) is 0.522. The molecule has 1 amide bonds. The molecule has 0 spiro atoms. The summed E-state index contributed by atoms with van der Waals surface area (Å²) in [5, 5.41) is 0. The second kappa shape index (κ2) is 6.43. The Morgan fingerprint density at radius 1 is 1.09 bits per heavy atom. The van der Waals surface area contributed by atoms with Crippen LogP contribution in [0.25, 0.3) is 0 Å². The molecule has 22 heavy (non-hydrogen) atoms. The van der Waals surface area contributed by atoms with Crippen LogP contribution in [-0.4, -0.2) is 17.5 Å². The fourth-order valence-electron chi connectivity index (χ4n) is 2.49. The Morgan fingerprint density at radius 3 is 2.55 bits per heavy atom. The van der Waals surface area contributed by atoms with Crippen LogP contribution in [0.3, 0.4) is 0 Å². The number of halogens is 1. The van der Waals surface area contributed by atoms with Gasteiger partial charge in [0, 0.05) is 18.7 Å². The molecule has 2 aromatic carbocycles. The SMILES string of the molecule is O=C(Oc1ccccc1)N1C=CC[C@@H](c2ccc(F)cc2)C1. The maximum absolute atomic E-state index is 13.0. The molecule has 1 aliphatic heterocycles. The average Bonchev–Trinajstić information content (AvgIpc) is 2.56. The Labute approximate surface area is 128 Å². The largest absolute Gasteiger partial charge is 0.419 e. The molecule has 0 unspecified atom stereocenters. The number of ether oxygens (including phenoxy) is 1. The molecular formula is C18H16FNO2. The van der Waals surface area contributed by atoms with Crippen LogP contribution in [0.1, 0.15) is 17.9 Å². The van der Waals surface area contributed by atoms with E-state index in [-0.39, 0.29) is 11.7 Å². The average molecular weight is 297 g/mol. The number of hydrogen-bond acceptors (Lipinski definition) is 2. The molecule has 1 heterocycles. The summed E-state index contributed by atoms with van der Waals surface area (Å²) in [6, 6.07) is 15.4. The highest BCUT2D eigenvalue weighted by Crippen LogP contribution is 2.26. The molecule has 0 aromatic heterocycles. The van der Waals surface area contributed by atoms with Gasteiger partial charge in [-0.3, -0.25) is 4.90 Å². The molecule has 0 aliphatic carbocycles. The van der Waals surface area contributed by atoms with Gasteiger partial charge >= 0.3 is 6.09 Å². The number of allylic oxidation sites excluding steroid dienone is 1. The summed E-state index contributed by atoms with van der Waals surface area (Å²) >= 11 is 0. The number of carbonyl (C=O) groups is 1. The quantitative estimate of drug-likeness (QED) is 0.826. The Balaban J connectivity index is 1.68. The molecular weight excluding hydrogens is 281 g/mol. The molecule has 2 aromatic rings. The van der Waals surface area contributed by atoms with Crippen LogP contribution in [-0.2, 0) is 0 Å². The lowest BCUT2D eigenvalue weighted by molar-refractivity contribution is 0.165. The van der Waals surface area contributed by atoms with E-state index >= 15 is 0 Å². The molecule has 0 N–H and O–H groups in total. The van der Waals surface area contributed by atoms with Crippen LogP contribution >= 0.6 is 0 Å². The molecule has 0 radical (unpaired) electrons. The monoisotopic (exact) mass is 297 g/mol. The molecule has 0 saturated carbocycles. The maximum Gasteiger partial charge on any atom is 0.419 e. The van der Waals surface area contributed by atoms with Gasteiger partial charge < -0.3 is 4.74 Å². The third-order valence-corrected chi connectivity index (χ3v) is 3.65. The summed E-state index contributed by atoms with van der Waals surface area (Å²) < 4.78 is 18.3. The predicted octanol–water partition coefficient (Wildman–Crippen LogP) is 4.33. The fourth-order valence-corrected chi connectivity index (χ4v) is 2.49. The van der Waals surface area contributed by atoms with E-state index in [4.69, 9.17) is 4.74 Å². The third-order valence-electron chi connectivity index (χ3n) is 3.65. The van der Waals surface area contributed by atoms with Crippen LogP contribution in [0.5, 0.6) is 5.75 Å². The van der Waals surface area contributed by atoms with Crippen molar-refractivity contribution in [3.63, 3.8) is 0 Å². The van der Waals surface area contributed by atoms with Crippen LogP contribution in [0.15, 0.2) is 66.9 Å². The molecule has 3 rings (SSSR count). The van der Waals surface area contributed by atoms with E-state index in [1.165, 1.54) is 12.1 Å². The van der Waals surface area contributed by atoms with E-state index in [1.807, 2.05) is 24.3 Å². The molecule has 112 valence electrons. The zero-order valence-electron chi connectivity index (χ0n) is 12.0. The van der Waals surface area contributed by atoms with E-state index < -0.39 is 6.09 Å². The van der Waals surface area contributed by atoms with E-state index in [1.54, 1.807) is 35.4 Å². The van der Waals surface area contributed by atoms with Gasteiger partial charge in [-0.15, -0.1) is 0 Å². The highest BCUT2D eigenvalue weighted by atomic mass is 19.1. The van der Waals surface area contributed by atoms with E-state index in [9.17, 15) is 9.18 Å². The second-order valence-corrected chi connectivity index (χ2v) is 5.20. The Morgan fingerprint density at radius 2 is 1.82 bits per heavy atom. The topological polar surface area (TPSA) is 29.5 Å². The standard InChI is InChI=1S/C18H16FNO2/c19-16-10-8-14(9-11-16)15-5-4-12-20(13-15)18(21)22-17-6-2-1-3-7-17/h1-4,6-12,15H,5,13H2/t15-/m1/s1. The highest BCUT2D eigenvalue weighted by Gasteiger charge is 2.22. The van der Waals surface area contributed by atoms with Crippen LogP contribution in [0.4, 0.5) is 9.18 Å². The number of para-hydroxylation sites is 1. The van der Waals surface area contributed by atoms with Gasteiger partial charge in [0.05, 0.1) is 0 Å². The van der Waals surface area contributed by atoms with Crippen LogP contribution in [0, 0.1) is 5.82 Å². The van der Waals surface area contributed by atoms with Gasteiger partial charge in [0.1, 0.15) is 11.6 Å². The maximum atomic E-state index is 13.0. The van der Waals surface area contributed by atoms with Gasteiger partial charge in [0.25, 0.3) is 0 Å². The predicted molar refractivity (Wildman–Crippen MR) is 82.1 cm³/mol. The first-order valence-electron chi connectivity index (χ1n) is 7.18. The van der Waals surface area contributed by atoms with E-state index in [0.717, 1.165) is 12.0 Å².